The fourth-order valence-corrected chi connectivity index (χ4v) is 2.31. The molecule has 2 rings (SSSR count). The van der Waals surface area contributed by atoms with Crippen molar-refractivity contribution in [1.82, 2.24) is 0 Å². The SMILES string of the molecule is Fc1ccc(Br)c(F)c1COCC1CCOCC1. The Kier molecular flexibility index (Phi) is 5.09. The minimum Gasteiger partial charge on any atom is -0.381 e. The first-order chi connectivity index (χ1) is 8.68. The molecule has 0 aliphatic carbocycles. The summed E-state index contributed by atoms with van der Waals surface area (Å²) in [5.41, 5.74) is -0.0172. The molecule has 0 amide bonds. The van der Waals surface area contributed by atoms with E-state index in [4.69, 9.17) is 9.47 Å². The van der Waals surface area contributed by atoms with Crippen molar-refractivity contribution in [3.8, 4) is 0 Å². The van der Waals surface area contributed by atoms with Crippen molar-refractivity contribution in [3.63, 3.8) is 0 Å². The monoisotopic (exact) mass is 320 g/mol. The summed E-state index contributed by atoms with van der Waals surface area (Å²) in [7, 11) is 0. The quantitative estimate of drug-likeness (QED) is 0.788. The lowest BCUT2D eigenvalue weighted by Gasteiger charge is -2.21. The second-order valence-corrected chi connectivity index (χ2v) is 5.25. The minimum absolute atomic E-state index is 0.0172. The molecule has 1 saturated heterocycles. The van der Waals surface area contributed by atoms with Crippen molar-refractivity contribution in [2.45, 2.75) is 19.4 Å². The molecule has 0 atom stereocenters. The highest BCUT2D eigenvalue weighted by atomic mass is 79.9. The molecule has 1 fully saturated rings. The fraction of sp³-hybridized carbons (Fsp3) is 0.538. The van der Waals surface area contributed by atoms with Gasteiger partial charge in [-0.15, -0.1) is 0 Å². The number of halogens is 3. The normalized spacial score (nSPS) is 17.1. The van der Waals surface area contributed by atoms with Crippen LogP contribution >= 0.6 is 15.9 Å². The fourth-order valence-electron chi connectivity index (χ4n) is 1.94. The van der Waals surface area contributed by atoms with Gasteiger partial charge in [0.15, 0.2) is 0 Å². The molecular weight excluding hydrogens is 306 g/mol. The van der Waals surface area contributed by atoms with Crippen LogP contribution in [0.3, 0.4) is 0 Å². The van der Waals surface area contributed by atoms with Crippen LogP contribution in [0.25, 0.3) is 0 Å². The van der Waals surface area contributed by atoms with E-state index in [2.05, 4.69) is 15.9 Å². The van der Waals surface area contributed by atoms with Crippen molar-refractivity contribution in [3.05, 3.63) is 33.8 Å². The molecule has 0 bridgehead atoms. The molecule has 5 heteroatoms. The zero-order valence-corrected chi connectivity index (χ0v) is 11.5. The van der Waals surface area contributed by atoms with Crippen LogP contribution in [0, 0.1) is 17.6 Å². The first-order valence-electron chi connectivity index (χ1n) is 5.96. The smallest absolute Gasteiger partial charge is 0.145 e. The van der Waals surface area contributed by atoms with Crippen LogP contribution in [0.2, 0.25) is 0 Å². The molecule has 18 heavy (non-hydrogen) atoms. The average Bonchev–Trinajstić information content (AvgIpc) is 2.39. The lowest BCUT2D eigenvalue weighted by atomic mass is 10.0. The number of benzene rings is 1. The van der Waals surface area contributed by atoms with E-state index in [0.29, 0.717) is 12.5 Å². The van der Waals surface area contributed by atoms with Crippen LogP contribution in [-0.2, 0) is 16.1 Å². The van der Waals surface area contributed by atoms with Crippen molar-refractivity contribution < 1.29 is 18.3 Å². The molecule has 2 nitrogen and oxygen atoms in total. The summed E-state index contributed by atoms with van der Waals surface area (Å²) < 4.78 is 38.0. The third-order valence-electron chi connectivity index (χ3n) is 3.08. The maximum atomic E-state index is 13.6. The summed E-state index contributed by atoms with van der Waals surface area (Å²) in [4.78, 5) is 0. The van der Waals surface area contributed by atoms with Gasteiger partial charge in [-0.3, -0.25) is 0 Å². The zero-order chi connectivity index (χ0) is 13.0. The summed E-state index contributed by atoms with van der Waals surface area (Å²) in [6.07, 6.45) is 1.90. The van der Waals surface area contributed by atoms with Gasteiger partial charge in [-0.25, -0.2) is 8.78 Å². The Hall–Kier alpha value is -0.520. The van der Waals surface area contributed by atoms with E-state index in [9.17, 15) is 8.78 Å². The van der Waals surface area contributed by atoms with E-state index in [0.717, 1.165) is 26.1 Å². The van der Waals surface area contributed by atoms with Crippen LogP contribution in [0.15, 0.2) is 16.6 Å². The third-order valence-corrected chi connectivity index (χ3v) is 3.69. The molecule has 0 saturated carbocycles. The summed E-state index contributed by atoms with van der Waals surface area (Å²) in [6, 6.07) is 2.59. The number of rotatable bonds is 4. The summed E-state index contributed by atoms with van der Waals surface area (Å²) >= 11 is 3.03. The Labute approximate surface area is 113 Å². The molecule has 0 radical (unpaired) electrons. The maximum Gasteiger partial charge on any atom is 0.145 e. The predicted octanol–water partition coefficient (Wildman–Crippen LogP) is 3.67. The van der Waals surface area contributed by atoms with Crippen LogP contribution < -0.4 is 0 Å². The molecule has 1 aliphatic rings. The molecule has 100 valence electrons. The number of ether oxygens (including phenoxy) is 2. The van der Waals surface area contributed by atoms with Crippen LogP contribution in [0.5, 0.6) is 0 Å². The summed E-state index contributed by atoms with van der Waals surface area (Å²) in [6.45, 7) is 1.98. The summed E-state index contributed by atoms with van der Waals surface area (Å²) in [5, 5.41) is 0. The minimum atomic E-state index is -0.582. The highest BCUT2D eigenvalue weighted by molar-refractivity contribution is 9.10. The predicted molar refractivity (Wildman–Crippen MR) is 67.3 cm³/mol. The molecule has 0 aromatic heterocycles. The average molecular weight is 321 g/mol. The lowest BCUT2D eigenvalue weighted by Crippen LogP contribution is -2.20. The van der Waals surface area contributed by atoms with Gasteiger partial charge in [-0.2, -0.15) is 0 Å². The van der Waals surface area contributed by atoms with Crippen molar-refractivity contribution >= 4 is 15.9 Å². The van der Waals surface area contributed by atoms with Gasteiger partial charge in [0.1, 0.15) is 11.6 Å². The van der Waals surface area contributed by atoms with Gasteiger partial charge in [0.25, 0.3) is 0 Å². The Balaban J connectivity index is 1.88. The lowest BCUT2D eigenvalue weighted by molar-refractivity contribution is 0.0145. The summed E-state index contributed by atoms with van der Waals surface area (Å²) in [5.74, 6) is -0.721. The van der Waals surface area contributed by atoms with Gasteiger partial charge >= 0.3 is 0 Å². The highest BCUT2D eigenvalue weighted by Gasteiger charge is 2.16. The molecule has 1 aliphatic heterocycles. The van der Waals surface area contributed by atoms with Gasteiger partial charge < -0.3 is 9.47 Å². The first-order valence-corrected chi connectivity index (χ1v) is 6.75. The highest BCUT2D eigenvalue weighted by Crippen LogP contribution is 2.23. The van der Waals surface area contributed by atoms with E-state index in [1.54, 1.807) is 0 Å². The van der Waals surface area contributed by atoms with E-state index in [1.807, 2.05) is 0 Å². The second kappa shape index (κ2) is 6.59. The molecule has 1 aromatic carbocycles. The molecule has 1 aromatic rings. The third kappa shape index (κ3) is 3.49. The van der Waals surface area contributed by atoms with Crippen molar-refractivity contribution in [2.75, 3.05) is 19.8 Å². The van der Waals surface area contributed by atoms with E-state index >= 15 is 0 Å². The van der Waals surface area contributed by atoms with E-state index in [-0.39, 0.29) is 16.6 Å². The maximum absolute atomic E-state index is 13.6. The van der Waals surface area contributed by atoms with Gasteiger partial charge in [-0.05, 0) is 46.8 Å². The molecular formula is C13H15BrF2O2. The van der Waals surface area contributed by atoms with Crippen LogP contribution in [0.1, 0.15) is 18.4 Å². The van der Waals surface area contributed by atoms with Crippen molar-refractivity contribution in [2.24, 2.45) is 5.92 Å². The van der Waals surface area contributed by atoms with Crippen LogP contribution in [0.4, 0.5) is 8.78 Å². The zero-order valence-electron chi connectivity index (χ0n) is 9.93. The number of hydrogen-bond acceptors (Lipinski definition) is 2. The van der Waals surface area contributed by atoms with Crippen LogP contribution in [-0.4, -0.2) is 19.8 Å². The Morgan fingerprint density at radius 3 is 2.72 bits per heavy atom. The second-order valence-electron chi connectivity index (χ2n) is 4.39. The Morgan fingerprint density at radius 2 is 2.00 bits per heavy atom. The Morgan fingerprint density at radius 1 is 1.28 bits per heavy atom. The largest absolute Gasteiger partial charge is 0.381 e. The van der Waals surface area contributed by atoms with Gasteiger partial charge in [0.2, 0.25) is 0 Å². The molecule has 1 heterocycles. The molecule has 0 N–H and O–H groups in total. The van der Waals surface area contributed by atoms with Gasteiger partial charge in [0.05, 0.1) is 23.2 Å². The topological polar surface area (TPSA) is 18.5 Å². The van der Waals surface area contributed by atoms with E-state index in [1.165, 1.54) is 12.1 Å². The van der Waals surface area contributed by atoms with Crippen molar-refractivity contribution in [1.29, 1.82) is 0 Å². The molecule has 0 spiro atoms. The van der Waals surface area contributed by atoms with Gasteiger partial charge in [-0.1, -0.05) is 0 Å². The number of hydrogen-bond donors (Lipinski definition) is 0. The van der Waals surface area contributed by atoms with E-state index < -0.39 is 11.6 Å². The standard InChI is InChI=1S/C13H15BrF2O2/c14-11-1-2-12(15)10(13(11)16)8-18-7-9-3-5-17-6-4-9/h1-2,9H,3-8H2. The molecule has 0 unspecified atom stereocenters. The van der Waals surface area contributed by atoms with Gasteiger partial charge in [0, 0.05) is 13.2 Å². The first kappa shape index (κ1) is 13.9. The Bertz CT molecular complexity index is 406.